The fraction of sp³-hybridized carbons (Fsp3) is 0.312. The molecule has 0 aliphatic heterocycles. The number of thiophene rings is 1. The average molecular weight is 285 g/mol. The first-order valence-electron chi connectivity index (χ1n) is 7.00. The lowest BCUT2D eigenvalue weighted by Gasteiger charge is -2.11. The molecule has 0 radical (unpaired) electrons. The van der Waals surface area contributed by atoms with E-state index in [0.29, 0.717) is 0 Å². The van der Waals surface area contributed by atoms with Gasteiger partial charge in [-0.3, -0.25) is 0 Å². The lowest BCUT2D eigenvalue weighted by molar-refractivity contribution is 0.612. The van der Waals surface area contributed by atoms with E-state index >= 15 is 0 Å². The summed E-state index contributed by atoms with van der Waals surface area (Å²) in [5.74, 6) is 1.10. The van der Waals surface area contributed by atoms with Crippen LogP contribution in [0.1, 0.15) is 17.6 Å². The number of rotatable bonds is 5. The van der Waals surface area contributed by atoms with E-state index in [4.69, 9.17) is 10.7 Å². The van der Waals surface area contributed by atoms with E-state index < -0.39 is 0 Å². The molecule has 2 heterocycles. The summed E-state index contributed by atoms with van der Waals surface area (Å²) in [6.45, 7) is 3.09. The van der Waals surface area contributed by atoms with Gasteiger partial charge in [0.15, 0.2) is 0 Å². The second-order valence-electron chi connectivity index (χ2n) is 5.01. The van der Waals surface area contributed by atoms with Gasteiger partial charge in [0, 0.05) is 23.9 Å². The van der Waals surface area contributed by atoms with Crippen molar-refractivity contribution in [2.45, 2.75) is 32.4 Å². The van der Waals surface area contributed by atoms with Crippen molar-refractivity contribution in [1.29, 1.82) is 0 Å². The van der Waals surface area contributed by atoms with Gasteiger partial charge in [0.1, 0.15) is 5.82 Å². The molecule has 2 N–H and O–H groups in total. The normalized spacial score (nSPS) is 12.9. The first kappa shape index (κ1) is 13.3. The van der Waals surface area contributed by atoms with Gasteiger partial charge in [0.05, 0.1) is 11.0 Å². The quantitative estimate of drug-likeness (QED) is 0.782. The highest BCUT2D eigenvalue weighted by Crippen LogP contribution is 2.18. The maximum Gasteiger partial charge on any atom is 0.111 e. The first-order valence-corrected chi connectivity index (χ1v) is 7.88. The topological polar surface area (TPSA) is 43.8 Å². The molecule has 0 fully saturated rings. The molecule has 3 rings (SSSR count). The van der Waals surface area contributed by atoms with Crippen LogP contribution in [0.3, 0.4) is 0 Å². The molecule has 0 amide bonds. The molecule has 0 saturated heterocycles. The highest BCUT2D eigenvalue weighted by Gasteiger charge is 2.13. The number of fused-ring (bicyclic) bond motifs is 1. The Kier molecular flexibility index (Phi) is 3.85. The Hall–Kier alpha value is -1.65. The predicted molar refractivity (Wildman–Crippen MR) is 85.1 cm³/mol. The Morgan fingerprint density at radius 2 is 2.05 bits per heavy atom. The number of nitrogens with zero attached hydrogens (tertiary/aromatic N) is 2. The lowest BCUT2D eigenvalue weighted by atomic mass is 10.1. The van der Waals surface area contributed by atoms with Gasteiger partial charge < -0.3 is 10.3 Å². The number of benzene rings is 1. The van der Waals surface area contributed by atoms with E-state index in [9.17, 15) is 0 Å². The van der Waals surface area contributed by atoms with Crippen LogP contribution in [-0.4, -0.2) is 15.6 Å². The molecule has 104 valence electrons. The van der Waals surface area contributed by atoms with Crippen LogP contribution < -0.4 is 5.73 Å². The molecule has 3 nitrogen and oxygen atoms in total. The van der Waals surface area contributed by atoms with Crippen molar-refractivity contribution in [1.82, 2.24) is 9.55 Å². The zero-order valence-electron chi connectivity index (χ0n) is 11.6. The third-order valence-corrected chi connectivity index (χ3v) is 4.44. The third kappa shape index (κ3) is 2.62. The highest BCUT2D eigenvalue weighted by atomic mass is 32.1. The summed E-state index contributed by atoms with van der Waals surface area (Å²) in [5.41, 5.74) is 8.56. The monoisotopic (exact) mass is 285 g/mol. The minimum atomic E-state index is 0.121. The molecule has 1 unspecified atom stereocenters. The van der Waals surface area contributed by atoms with Crippen molar-refractivity contribution in [3.05, 3.63) is 52.5 Å². The van der Waals surface area contributed by atoms with Crippen LogP contribution in [0.25, 0.3) is 11.0 Å². The second kappa shape index (κ2) is 5.77. The standard InChI is InChI=1S/C16H19N3S/c1-2-19-15-8-4-3-7-14(15)18-16(19)11-12(17)10-13-6-5-9-20-13/h3-9,12H,2,10-11,17H2,1H3. The minimum absolute atomic E-state index is 0.121. The van der Waals surface area contributed by atoms with Crippen molar-refractivity contribution in [3.63, 3.8) is 0 Å². The Labute approximate surface area is 123 Å². The average Bonchev–Trinajstić information content (AvgIpc) is 3.05. The summed E-state index contributed by atoms with van der Waals surface area (Å²) < 4.78 is 2.27. The van der Waals surface area contributed by atoms with Gasteiger partial charge >= 0.3 is 0 Å². The van der Waals surface area contributed by atoms with Crippen molar-refractivity contribution in [3.8, 4) is 0 Å². The number of hydrogen-bond acceptors (Lipinski definition) is 3. The maximum absolute atomic E-state index is 6.30. The van der Waals surface area contributed by atoms with Crippen LogP contribution in [0, 0.1) is 0 Å². The lowest BCUT2D eigenvalue weighted by Crippen LogP contribution is -2.26. The van der Waals surface area contributed by atoms with Gasteiger partial charge in [-0.2, -0.15) is 0 Å². The number of aromatic nitrogens is 2. The first-order chi connectivity index (χ1) is 9.78. The van der Waals surface area contributed by atoms with Gasteiger partial charge in [0.2, 0.25) is 0 Å². The molecule has 4 heteroatoms. The Balaban J connectivity index is 1.83. The second-order valence-corrected chi connectivity index (χ2v) is 6.04. The summed E-state index contributed by atoms with van der Waals surface area (Å²) in [5, 5.41) is 2.10. The Bertz CT molecular complexity index is 685. The van der Waals surface area contributed by atoms with Gasteiger partial charge in [-0.15, -0.1) is 11.3 Å². The third-order valence-electron chi connectivity index (χ3n) is 3.54. The number of imidazole rings is 1. The van der Waals surface area contributed by atoms with E-state index in [1.54, 1.807) is 11.3 Å². The molecule has 0 spiro atoms. The molecular weight excluding hydrogens is 266 g/mol. The summed E-state index contributed by atoms with van der Waals surface area (Å²) >= 11 is 1.77. The Morgan fingerprint density at radius 1 is 1.20 bits per heavy atom. The molecular formula is C16H19N3S. The van der Waals surface area contributed by atoms with E-state index in [2.05, 4.69) is 47.2 Å². The summed E-state index contributed by atoms with van der Waals surface area (Å²) in [6, 6.07) is 12.6. The van der Waals surface area contributed by atoms with Crippen LogP contribution in [0.15, 0.2) is 41.8 Å². The van der Waals surface area contributed by atoms with Crippen LogP contribution in [0.2, 0.25) is 0 Å². The number of hydrogen-bond donors (Lipinski definition) is 1. The molecule has 0 saturated carbocycles. The van der Waals surface area contributed by atoms with E-state index in [0.717, 1.165) is 30.7 Å². The van der Waals surface area contributed by atoms with Crippen molar-refractivity contribution in [2.75, 3.05) is 0 Å². The minimum Gasteiger partial charge on any atom is -0.328 e. The van der Waals surface area contributed by atoms with Gasteiger partial charge in [-0.1, -0.05) is 18.2 Å². The molecule has 3 aromatic rings. The van der Waals surface area contributed by atoms with E-state index in [-0.39, 0.29) is 6.04 Å². The van der Waals surface area contributed by atoms with Gasteiger partial charge in [-0.25, -0.2) is 4.98 Å². The number of para-hydroxylation sites is 2. The fourth-order valence-corrected chi connectivity index (χ4v) is 3.43. The summed E-state index contributed by atoms with van der Waals surface area (Å²) in [6.07, 6.45) is 1.74. The van der Waals surface area contributed by atoms with Crippen LogP contribution in [0.5, 0.6) is 0 Å². The highest BCUT2D eigenvalue weighted by molar-refractivity contribution is 7.09. The fourth-order valence-electron chi connectivity index (χ4n) is 2.63. The molecule has 20 heavy (non-hydrogen) atoms. The van der Waals surface area contributed by atoms with Gasteiger partial charge in [-0.05, 0) is 36.9 Å². The van der Waals surface area contributed by atoms with Crippen LogP contribution in [-0.2, 0) is 19.4 Å². The van der Waals surface area contributed by atoms with E-state index in [1.807, 2.05) is 6.07 Å². The Morgan fingerprint density at radius 3 is 2.80 bits per heavy atom. The predicted octanol–water partition coefficient (Wildman–Crippen LogP) is 3.23. The molecule has 1 atom stereocenters. The molecule has 0 aliphatic rings. The smallest absolute Gasteiger partial charge is 0.111 e. The molecule has 1 aromatic carbocycles. The largest absolute Gasteiger partial charge is 0.328 e. The van der Waals surface area contributed by atoms with Crippen molar-refractivity contribution < 1.29 is 0 Å². The molecule has 0 bridgehead atoms. The molecule has 0 aliphatic carbocycles. The molecule has 2 aromatic heterocycles. The van der Waals surface area contributed by atoms with Crippen LogP contribution >= 0.6 is 11.3 Å². The van der Waals surface area contributed by atoms with Crippen LogP contribution in [0.4, 0.5) is 0 Å². The zero-order chi connectivity index (χ0) is 13.9. The zero-order valence-corrected chi connectivity index (χ0v) is 12.4. The number of nitrogens with two attached hydrogens (primary N) is 1. The van der Waals surface area contributed by atoms with Crippen molar-refractivity contribution >= 4 is 22.4 Å². The summed E-state index contributed by atoms with van der Waals surface area (Å²) in [4.78, 5) is 6.08. The maximum atomic E-state index is 6.30. The summed E-state index contributed by atoms with van der Waals surface area (Å²) in [7, 11) is 0. The van der Waals surface area contributed by atoms with Gasteiger partial charge in [0.25, 0.3) is 0 Å². The SMILES string of the molecule is CCn1c(CC(N)Cc2cccs2)nc2ccccc21. The number of aryl methyl sites for hydroxylation is 1. The van der Waals surface area contributed by atoms with E-state index in [1.165, 1.54) is 10.4 Å². The van der Waals surface area contributed by atoms with Crippen molar-refractivity contribution in [2.24, 2.45) is 5.73 Å².